The van der Waals surface area contributed by atoms with Gasteiger partial charge in [-0.05, 0) is 54.8 Å². The number of amides is 1. The van der Waals surface area contributed by atoms with Crippen LogP contribution < -0.4 is 19.7 Å². The lowest BCUT2D eigenvalue weighted by molar-refractivity contribution is -0.253. The van der Waals surface area contributed by atoms with Crippen LogP contribution >= 0.6 is 11.3 Å². The number of carbonyl (C=O) groups excluding carboxylic acids is 1. The second-order valence-corrected chi connectivity index (χ2v) is 13.8. The summed E-state index contributed by atoms with van der Waals surface area (Å²) in [6, 6.07) is 7.65. The number of halogens is 6. The van der Waals surface area contributed by atoms with E-state index in [1.54, 1.807) is 11.1 Å². The standard InChI is InChI=1S/C29H26F6N6O5S2/c30-26(31)29(34,35)46-19-7-9-20(10-8-19)48(43,44)41-12-11-40(28-39-24-22(47-28)14-36-23(38-24)17-3-4-17)15-21(41)25(42)37-13-16-1-5-18(6-2-16)45-27(32)33/h1-2,5-10,14,17,21,26-27H,3-4,11-13,15H2,(H,37,42)/t21-/m1/s1. The van der Waals surface area contributed by atoms with Crippen molar-refractivity contribution in [2.24, 2.45) is 0 Å². The van der Waals surface area contributed by atoms with E-state index in [1.165, 1.54) is 35.6 Å². The Hall–Kier alpha value is -4.23. The number of nitrogens with one attached hydrogen (secondary N) is 1. The molecule has 48 heavy (non-hydrogen) atoms. The van der Waals surface area contributed by atoms with Crippen LogP contribution in [0.15, 0.2) is 59.6 Å². The van der Waals surface area contributed by atoms with Gasteiger partial charge in [0.15, 0.2) is 10.8 Å². The van der Waals surface area contributed by atoms with Gasteiger partial charge in [-0.25, -0.2) is 18.4 Å². The molecule has 0 bridgehead atoms. The third kappa shape index (κ3) is 7.41. The average Bonchev–Trinajstić information content (AvgIpc) is 3.82. The monoisotopic (exact) mass is 716 g/mol. The quantitative estimate of drug-likeness (QED) is 0.202. The van der Waals surface area contributed by atoms with Gasteiger partial charge in [-0.3, -0.25) is 4.79 Å². The molecule has 2 aliphatic rings. The fourth-order valence-corrected chi connectivity index (χ4v) is 7.45. The summed E-state index contributed by atoms with van der Waals surface area (Å²) in [6.07, 6.45) is -5.21. The number of fused-ring (bicyclic) bond motifs is 1. The number of alkyl halides is 6. The first-order valence-corrected chi connectivity index (χ1v) is 16.7. The second-order valence-electron chi connectivity index (χ2n) is 10.9. The van der Waals surface area contributed by atoms with E-state index in [9.17, 15) is 39.6 Å². The summed E-state index contributed by atoms with van der Waals surface area (Å²) in [4.78, 5) is 28.6. The van der Waals surface area contributed by atoms with Crippen LogP contribution in [0.1, 0.15) is 30.1 Å². The molecule has 2 fully saturated rings. The molecule has 1 saturated carbocycles. The minimum Gasteiger partial charge on any atom is -0.435 e. The summed E-state index contributed by atoms with van der Waals surface area (Å²) in [5.41, 5.74) is 1.00. The zero-order valence-electron chi connectivity index (χ0n) is 24.6. The van der Waals surface area contributed by atoms with Crippen molar-refractivity contribution in [2.75, 3.05) is 24.5 Å². The van der Waals surface area contributed by atoms with Gasteiger partial charge in [-0.2, -0.15) is 35.6 Å². The van der Waals surface area contributed by atoms with Crippen molar-refractivity contribution in [3.05, 3.63) is 66.1 Å². The maximum Gasteiger partial charge on any atom is 0.461 e. The van der Waals surface area contributed by atoms with E-state index in [0.29, 0.717) is 32.8 Å². The predicted molar refractivity (Wildman–Crippen MR) is 160 cm³/mol. The Labute approximate surface area is 273 Å². The highest BCUT2D eigenvalue weighted by atomic mass is 32.2. The molecular weight excluding hydrogens is 690 g/mol. The van der Waals surface area contributed by atoms with Crippen LogP contribution in [0.2, 0.25) is 0 Å². The van der Waals surface area contributed by atoms with Crippen LogP contribution in [0.3, 0.4) is 0 Å². The minimum atomic E-state index is -4.79. The second kappa shape index (κ2) is 13.3. The third-order valence-electron chi connectivity index (χ3n) is 7.56. The lowest BCUT2D eigenvalue weighted by atomic mass is 10.1. The van der Waals surface area contributed by atoms with Crippen molar-refractivity contribution >= 4 is 42.7 Å². The molecule has 19 heteroatoms. The zero-order valence-corrected chi connectivity index (χ0v) is 26.2. The molecule has 2 aromatic carbocycles. The Morgan fingerprint density at radius 2 is 1.69 bits per heavy atom. The topological polar surface area (TPSA) is 127 Å². The van der Waals surface area contributed by atoms with Gasteiger partial charge in [0, 0.05) is 32.1 Å². The first-order chi connectivity index (χ1) is 22.8. The van der Waals surface area contributed by atoms with E-state index in [1.807, 2.05) is 0 Å². The molecule has 0 radical (unpaired) electrons. The number of benzene rings is 2. The summed E-state index contributed by atoms with van der Waals surface area (Å²) in [6.45, 7) is -3.28. The molecule has 1 aliphatic heterocycles. The molecule has 2 aromatic heterocycles. The SMILES string of the molecule is O=C(NCc1ccc(OC(F)F)cc1)[C@H]1CN(c2nc3nc(C4CC4)ncc3s2)CCN1S(=O)(=O)c1ccc(OC(F)(F)C(F)F)cc1. The van der Waals surface area contributed by atoms with E-state index >= 15 is 0 Å². The van der Waals surface area contributed by atoms with Gasteiger partial charge in [0.05, 0.1) is 15.8 Å². The van der Waals surface area contributed by atoms with Crippen molar-refractivity contribution in [1.29, 1.82) is 0 Å². The largest absolute Gasteiger partial charge is 0.461 e. The molecule has 0 spiro atoms. The van der Waals surface area contributed by atoms with Crippen molar-refractivity contribution in [3.8, 4) is 11.5 Å². The van der Waals surface area contributed by atoms with E-state index in [4.69, 9.17) is 0 Å². The molecule has 4 aromatic rings. The Bertz CT molecular complexity index is 1880. The van der Waals surface area contributed by atoms with Crippen molar-refractivity contribution in [3.63, 3.8) is 0 Å². The van der Waals surface area contributed by atoms with Crippen molar-refractivity contribution < 1.29 is 49.0 Å². The lowest BCUT2D eigenvalue weighted by Gasteiger charge is -2.39. The number of carbonyl (C=O) groups is 1. The van der Waals surface area contributed by atoms with Gasteiger partial charge in [0.1, 0.15) is 23.4 Å². The number of hydrogen-bond donors (Lipinski definition) is 1. The molecule has 1 aliphatic carbocycles. The van der Waals surface area contributed by atoms with Crippen LogP contribution in [0.4, 0.5) is 31.5 Å². The average molecular weight is 717 g/mol. The highest BCUT2D eigenvalue weighted by molar-refractivity contribution is 7.89. The van der Waals surface area contributed by atoms with E-state index in [0.717, 1.165) is 41.4 Å². The molecule has 1 N–H and O–H groups in total. The Morgan fingerprint density at radius 3 is 2.33 bits per heavy atom. The summed E-state index contributed by atoms with van der Waals surface area (Å²) in [5.74, 6) is -0.456. The Kier molecular flexibility index (Phi) is 9.36. The molecule has 256 valence electrons. The smallest absolute Gasteiger partial charge is 0.435 e. The van der Waals surface area contributed by atoms with Crippen LogP contribution in [0.5, 0.6) is 11.5 Å². The number of rotatable bonds is 12. The third-order valence-corrected chi connectivity index (χ3v) is 10.5. The first-order valence-electron chi connectivity index (χ1n) is 14.5. The van der Waals surface area contributed by atoms with Gasteiger partial charge in [-0.1, -0.05) is 23.5 Å². The van der Waals surface area contributed by atoms with Crippen LogP contribution in [-0.2, 0) is 21.4 Å². The summed E-state index contributed by atoms with van der Waals surface area (Å²) >= 11 is 1.28. The fraction of sp³-hybridized carbons (Fsp3) is 0.379. The molecule has 1 saturated heterocycles. The number of thiazole rings is 1. The summed E-state index contributed by atoms with van der Waals surface area (Å²) in [5, 5.41) is 3.18. The van der Waals surface area contributed by atoms with Gasteiger partial charge >= 0.3 is 19.1 Å². The van der Waals surface area contributed by atoms with Gasteiger partial charge in [0.25, 0.3) is 0 Å². The molecule has 6 rings (SSSR count). The minimum absolute atomic E-state index is 0.0801. The van der Waals surface area contributed by atoms with Gasteiger partial charge in [0.2, 0.25) is 15.9 Å². The molecule has 0 unspecified atom stereocenters. The number of aromatic nitrogens is 3. The zero-order chi connectivity index (χ0) is 34.2. The number of nitrogens with zero attached hydrogens (tertiary/aromatic N) is 5. The first kappa shape index (κ1) is 33.7. The Morgan fingerprint density at radius 1 is 1.00 bits per heavy atom. The number of ether oxygens (including phenoxy) is 2. The van der Waals surface area contributed by atoms with Gasteiger partial charge < -0.3 is 19.7 Å². The number of hydrogen-bond acceptors (Lipinski definition) is 10. The number of piperazine rings is 1. The molecule has 3 heterocycles. The Balaban J connectivity index is 1.23. The molecular formula is C29H26F6N6O5S2. The highest BCUT2D eigenvalue weighted by Crippen LogP contribution is 2.39. The molecule has 1 atom stereocenters. The molecule has 11 nitrogen and oxygen atoms in total. The maximum atomic E-state index is 13.8. The number of sulfonamides is 1. The van der Waals surface area contributed by atoms with Crippen molar-refractivity contribution in [2.45, 2.75) is 55.4 Å². The van der Waals surface area contributed by atoms with Crippen LogP contribution in [0, 0.1) is 0 Å². The van der Waals surface area contributed by atoms with E-state index in [-0.39, 0.29) is 36.8 Å². The van der Waals surface area contributed by atoms with Crippen LogP contribution in [0.25, 0.3) is 10.3 Å². The van der Waals surface area contributed by atoms with Crippen LogP contribution in [-0.4, -0.2) is 78.4 Å². The predicted octanol–water partition coefficient (Wildman–Crippen LogP) is 5.00. The van der Waals surface area contributed by atoms with E-state index < -0.39 is 46.9 Å². The fourth-order valence-electron chi connectivity index (χ4n) is 4.97. The van der Waals surface area contributed by atoms with Crippen molar-refractivity contribution in [1.82, 2.24) is 24.6 Å². The molecule has 1 amide bonds. The number of anilines is 1. The van der Waals surface area contributed by atoms with Gasteiger partial charge in [-0.15, -0.1) is 0 Å². The highest BCUT2D eigenvalue weighted by Gasteiger charge is 2.44. The maximum absolute atomic E-state index is 13.8. The normalized spacial score (nSPS) is 17.7. The summed E-state index contributed by atoms with van der Waals surface area (Å²) in [7, 11) is -4.44. The van der Waals surface area contributed by atoms with E-state index in [2.05, 4.69) is 29.7 Å². The summed E-state index contributed by atoms with van der Waals surface area (Å²) < 4.78 is 115. The lowest BCUT2D eigenvalue weighted by Crippen LogP contribution is -2.60.